The summed E-state index contributed by atoms with van der Waals surface area (Å²) in [6, 6.07) is 5.09. The molecule has 1 aliphatic carbocycles. The Bertz CT molecular complexity index is 572. The van der Waals surface area contributed by atoms with E-state index in [9.17, 15) is 4.39 Å². The molecule has 1 unspecified atom stereocenters. The Morgan fingerprint density at radius 3 is 2.95 bits per heavy atom. The molecule has 1 heterocycles. The standard InChI is InChI=1S/C15H19ClFN3O.HI/c1-9-8-20(4-5-21-9)15(18)19-14-7-11(14)10-2-3-12(16)13(17)6-10;/h2-3,6,9,11,14H,4-5,7-8H2,1H3,(H2,18,19);1H/t9?,11-,14+;/m0./s1. The highest BCUT2D eigenvalue weighted by atomic mass is 127. The summed E-state index contributed by atoms with van der Waals surface area (Å²) in [6.45, 7) is 4.23. The van der Waals surface area contributed by atoms with Gasteiger partial charge < -0.3 is 15.4 Å². The summed E-state index contributed by atoms with van der Waals surface area (Å²) in [5.41, 5.74) is 7.01. The van der Waals surface area contributed by atoms with Gasteiger partial charge in [0.1, 0.15) is 5.82 Å². The van der Waals surface area contributed by atoms with Crippen molar-refractivity contribution in [1.82, 2.24) is 4.90 Å². The fraction of sp³-hybridized carbons (Fsp3) is 0.533. The molecule has 1 aromatic carbocycles. The van der Waals surface area contributed by atoms with Gasteiger partial charge in [0.15, 0.2) is 5.96 Å². The van der Waals surface area contributed by atoms with Crippen molar-refractivity contribution in [2.75, 3.05) is 19.7 Å². The van der Waals surface area contributed by atoms with E-state index in [1.807, 2.05) is 17.9 Å². The van der Waals surface area contributed by atoms with Crippen LogP contribution in [-0.4, -0.2) is 42.7 Å². The zero-order chi connectivity index (χ0) is 15.0. The van der Waals surface area contributed by atoms with E-state index in [-0.39, 0.29) is 52.9 Å². The predicted octanol–water partition coefficient (Wildman–Crippen LogP) is 2.99. The fourth-order valence-electron chi connectivity index (χ4n) is 2.70. The molecule has 122 valence electrons. The highest BCUT2D eigenvalue weighted by molar-refractivity contribution is 14.0. The smallest absolute Gasteiger partial charge is 0.191 e. The van der Waals surface area contributed by atoms with Crippen LogP contribution in [0.5, 0.6) is 0 Å². The van der Waals surface area contributed by atoms with Crippen LogP contribution in [0.2, 0.25) is 5.02 Å². The molecule has 2 fully saturated rings. The van der Waals surface area contributed by atoms with Gasteiger partial charge in [-0.3, -0.25) is 0 Å². The summed E-state index contributed by atoms with van der Waals surface area (Å²) in [5.74, 6) is 0.430. The molecule has 2 N–H and O–H groups in total. The number of rotatable bonds is 2. The summed E-state index contributed by atoms with van der Waals surface area (Å²) in [5, 5.41) is 0.154. The lowest BCUT2D eigenvalue weighted by atomic mass is 10.1. The van der Waals surface area contributed by atoms with Crippen molar-refractivity contribution in [3.05, 3.63) is 34.6 Å². The minimum absolute atomic E-state index is 0. The average Bonchev–Trinajstić information content (AvgIpc) is 3.21. The third kappa shape index (κ3) is 4.02. The Morgan fingerprint density at radius 2 is 2.27 bits per heavy atom. The van der Waals surface area contributed by atoms with Gasteiger partial charge >= 0.3 is 0 Å². The minimum atomic E-state index is -0.376. The van der Waals surface area contributed by atoms with E-state index >= 15 is 0 Å². The van der Waals surface area contributed by atoms with Crippen molar-refractivity contribution >= 4 is 41.5 Å². The van der Waals surface area contributed by atoms with Crippen LogP contribution in [-0.2, 0) is 4.74 Å². The van der Waals surface area contributed by atoms with E-state index in [2.05, 4.69) is 4.99 Å². The molecule has 4 nitrogen and oxygen atoms in total. The first-order chi connectivity index (χ1) is 10.0. The maximum Gasteiger partial charge on any atom is 0.191 e. The predicted molar refractivity (Wildman–Crippen MR) is 96.6 cm³/mol. The zero-order valence-electron chi connectivity index (χ0n) is 12.3. The lowest BCUT2D eigenvalue weighted by Gasteiger charge is -2.31. The van der Waals surface area contributed by atoms with Crippen molar-refractivity contribution in [3.63, 3.8) is 0 Å². The van der Waals surface area contributed by atoms with E-state index in [4.69, 9.17) is 22.1 Å². The third-order valence-electron chi connectivity index (χ3n) is 3.99. The number of benzene rings is 1. The van der Waals surface area contributed by atoms with Crippen molar-refractivity contribution in [3.8, 4) is 0 Å². The van der Waals surface area contributed by atoms with E-state index < -0.39 is 0 Å². The molecule has 0 amide bonds. The molecule has 3 atom stereocenters. The van der Waals surface area contributed by atoms with Gasteiger partial charge in [-0.05, 0) is 31.0 Å². The second-order valence-electron chi connectivity index (χ2n) is 5.70. The molecule has 1 saturated carbocycles. The van der Waals surface area contributed by atoms with Crippen LogP contribution in [0.3, 0.4) is 0 Å². The molecule has 3 rings (SSSR count). The summed E-state index contributed by atoms with van der Waals surface area (Å²) < 4.78 is 19.0. The lowest BCUT2D eigenvalue weighted by molar-refractivity contribution is 0.00528. The zero-order valence-corrected chi connectivity index (χ0v) is 15.4. The van der Waals surface area contributed by atoms with Crippen LogP contribution in [0, 0.1) is 5.82 Å². The normalized spacial score (nSPS) is 28.2. The van der Waals surface area contributed by atoms with Crippen LogP contribution in [0.4, 0.5) is 4.39 Å². The Labute approximate surface area is 151 Å². The highest BCUT2D eigenvalue weighted by Crippen LogP contribution is 2.44. The fourth-order valence-corrected chi connectivity index (χ4v) is 2.82. The van der Waals surface area contributed by atoms with Gasteiger partial charge in [-0.1, -0.05) is 17.7 Å². The molecule has 7 heteroatoms. The quantitative estimate of drug-likeness (QED) is 0.438. The molecule has 0 aromatic heterocycles. The van der Waals surface area contributed by atoms with Crippen molar-refractivity contribution in [2.45, 2.75) is 31.4 Å². The Balaban J connectivity index is 0.00000176. The number of aliphatic imine (C=N–C) groups is 1. The second kappa shape index (κ2) is 7.31. The maximum atomic E-state index is 13.5. The summed E-state index contributed by atoms with van der Waals surface area (Å²) in [6.07, 6.45) is 1.08. The van der Waals surface area contributed by atoms with Crippen LogP contribution in [0.1, 0.15) is 24.8 Å². The molecular formula is C15H20ClFIN3O. The van der Waals surface area contributed by atoms with Gasteiger partial charge in [-0.15, -0.1) is 24.0 Å². The number of nitrogens with zero attached hydrogens (tertiary/aromatic N) is 2. The molecule has 22 heavy (non-hydrogen) atoms. The van der Waals surface area contributed by atoms with Crippen molar-refractivity contribution < 1.29 is 9.13 Å². The van der Waals surface area contributed by atoms with Crippen LogP contribution >= 0.6 is 35.6 Å². The van der Waals surface area contributed by atoms with Gasteiger partial charge in [-0.25, -0.2) is 9.38 Å². The number of hydrogen-bond acceptors (Lipinski definition) is 2. The second-order valence-corrected chi connectivity index (χ2v) is 6.11. The van der Waals surface area contributed by atoms with Gasteiger partial charge in [-0.2, -0.15) is 0 Å². The molecule has 0 radical (unpaired) electrons. The number of morpholine rings is 1. The Kier molecular flexibility index (Phi) is 5.90. The number of halogens is 3. The van der Waals surface area contributed by atoms with E-state index in [0.29, 0.717) is 12.6 Å². The molecule has 1 saturated heterocycles. The van der Waals surface area contributed by atoms with Gasteiger partial charge in [0.25, 0.3) is 0 Å². The first kappa shape index (κ1) is 17.7. The molecule has 1 aliphatic heterocycles. The molecular weight excluding hydrogens is 420 g/mol. The van der Waals surface area contributed by atoms with Crippen molar-refractivity contribution in [1.29, 1.82) is 0 Å². The SMILES string of the molecule is CC1CN(C(N)=N[C@@H]2C[C@H]2c2ccc(Cl)c(F)c2)CCO1.I. The molecule has 2 aliphatic rings. The number of nitrogens with two attached hydrogens (primary N) is 1. The van der Waals surface area contributed by atoms with Gasteiger partial charge in [0, 0.05) is 19.0 Å². The van der Waals surface area contributed by atoms with E-state index in [1.54, 1.807) is 6.07 Å². The van der Waals surface area contributed by atoms with Crippen LogP contribution in [0.15, 0.2) is 23.2 Å². The van der Waals surface area contributed by atoms with Crippen LogP contribution in [0.25, 0.3) is 0 Å². The monoisotopic (exact) mass is 439 g/mol. The molecule has 0 spiro atoms. The van der Waals surface area contributed by atoms with E-state index in [0.717, 1.165) is 25.1 Å². The average molecular weight is 440 g/mol. The topological polar surface area (TPSA) is 50.8 Å². The molecule has 0 bridgehead atoms. The number of hydrogen-bond donors (Lipinski definition) is 1. The summed E-state index contributed by atoms with van der Waals surface area (Å²) in [7, 11) is 0. The summed E-state index contributed by atoms with van der Waals surface area (Å²) in [4.78, 5) is 6.61. The minimum Gasteiger partial charge on any atom is -0.375 e. The lowest BCUT2D eigenvalue weighted by Crippen LogP contribution is -2.48. The number of ether oxygens (including phenoxy) is 1. The Morgan fingerprint density at radius 1 is 1.50 bits per heavy atom. The third-order valence-corrected chi connectivity index (χ3v) is 4.30. The van der Waals surface area contributed by atoms with E-state index in [1.165, 1.54) is 6.07 Å². The highest BCUT2D eigenvalue weighted by Gasteiger charge is 2.39. The summed E-state index contributed by atoms with van der Waals surface area (Å²) >= 11 is 5.70. The van der Waals surface area contributed by atoms with Gasteiger partial charge in [0.2, 0.25) is 0 Å². The first-order valence-electron chi connectivity index (χ1n) is 7.19. The maximum absolute atomic E-state index is 13.5. The largest absolute Gasteiger partial charge is 0.375 e. The van der Waals surface area contributed by atoms with Gasteiger partial charge in [0.05, 0.1) is 23.8 Å². The van der Waals surface area contributed by atoms with Crippen molar-refractivity contribution in [2.24, 2.45) is 10.7 Å². The number of guanidine groups is 1. The first-order valence-corrected chi connectivity index (χ1v) is 7.57. The Hall–Kier alpha value is -0.600. The van der Waals surface area contributed by atoms with Crippen LogP contribution < -0.4 is 5.73 Å². The molecule has 1 aromatic rings.